The second-order valence-corrected chi connectivity index (χ2v) is 5.70. The molecule has 0 unspecified atom stereocenters. The molecule has 2 nitrogen and oxygen atoms in total. The fourth-order valence-electron chi connectivity index (χ4n) is 1.40. The maximum Gasteiger partial charge on any atom is 0.251 e. The standard InChI is InChI=1S/C15H23NO/c1-11(2)15(4,5)10-16-14(17)13-8-6-7-12(3)9-13/h6-9,11H,10H2,1-5H3,(H,16,17). The van der Waals surface area contributed by atoms with E-state index in [0.717, 1.165) is 11.1 Å². The van der Waals surface area contributed by atoms with Crippen molar-refractivity contribution < 1.29 is 4.79 Å². The van der Waals surface area contributed by atoms with Crippen LogP contribution in [-0.2, 0) is 0 Å². The summed E-state index contributed by atoms with van der Waals surface area (Å²) in [6.45, 7) is 11.4. The molecule has 1 aromatic carbocycles. The molecular formula is C15H23NO. The summed E-state index contributed by atoms with van der Waals surface area (Å²) in [6, 6.07) is 7.68. The number of aryl methyl sites for hydroxylation is 1. The average molecular weight is 233 g/mol. The molecule has 0 radical (unpaired) electrons. The van der Waals surface area contributed by atoms with E-state index >= 15 is 0 Å². The summed E-state index contributed by atoms with van der Waals surface area (Å²) in [6.07, 6.45) is 0. The predicted octanol–water partition coefficient (Wildman–Crippen LogP) is 3.41. The first-order chi connectivity index (χ1) is 7.83. The van der Waals surface area contributed by atoms with Crippen molar-refractivity contribution in [2.45, 2.75) is 34.6 Å². The fraction of sp³-hybridized carbons (Fsp3) is 0.533. The van der Waals surface area contributed by atoms with E-state index < -0.39 is 0 Å². The molecule has 0 spiro atoms. The van der Waals surface area contributed by atoms with Gasteiger partial charge in [0.05, 0.1) is 0 Å². The smallest absolute Gasteiger partial charge is 0.251 e. The third-order valence-corrected chi connectivity index (χ3v) is 3.55. The molecule has 2 heteroatoms. The van der Waals surface area contributed by atoms with Crippen molar-refractivity contribution in [3.8, 4) is 0 Å². The van der Waals surface area contributed by atoms with E-state index in [4.69, 9.17) is 0 Å². The van der Waals surface area contributed by atoms with Crippen LogP contribution in [0.15, 0.2) is 24.3 Å². The summed E-state index contributed by atoms with van der Waals surface area (Å²) >= 11 is 0. The van der Waals surface area contributed by atoms with E-state index in [1.165, 1.54) is 0 Å². The first-order valence-corrected chi connectivity index (χ1v) is 6.18. The van der Waals surface area contributed by atoms with E-state index in [9.17, 15) is 4.79 Å². The van der Waals surface area contributed by atoms with E-state index in [1.807, 2.05) is 31.2 Å². The number of carbonyl (C=O) groups is 1. The van der Waals surface area contributed by atoms with E-state index in [-0.39, 0.29) is 11.3 Å². The minimum Gasteiger partial charge on any atom is -0.351 e. The number of hydrogen-bond acceptors (Lipinski definition) is 1. The van der Waals surface area contributed by atoms with Crippen molar-refractivity contribution in [3.63, 3.8) is 0 Å². The molecule has 17 heavy (non-hydrogen) atoms. The topological polar surface area (TPSA) is 29.1 Å². The van der Waals surface area contributed by atoms with Gasteiger partial charge in [-0.05, 0) is 30.4 Å². The SMILES string of the molecule is Cc1cccc(C(=O)NCC(C)(C)C(C)C)c1. The van der Waals surface area contributed by atoms with Crippen LogP contribution in [0.4, 0.5) is 0 Å². The molecule has 0 bridgehead atoms. The molecule has 0 aromatic heterocycles. The molecule has 1 rings (SSSR count). The molecule has 1 aromatic rings. The van der Waals surface area contributed by atoms with Crippen LogP contribution in [-0.4, -0.2) is 12.5 Å². The molecule has 94 valence electrons. The van der Waals surface area contributed by atoms with E-state index in [2.05, 4.69) is 33.0 Å². The quantitative estimate of drug-likeness (QED) is 0.848. The molecule has 0 aliphatic heterocycles. The van der Waals surface area contributed by atoms with E-state index in [0.29, 0.717) is 12.5 Å². The molecule has 0 heterocycles. The predicted molar refractivity (Wildman–Crippen MR) is 72.1 cm³/mol. The number of amides is 1. The highest BCUT2D eigenvalue weighted by atomic mass is 16.1. The Labute approximate surface area is 104 Å². The highest BCUT2D eigenvalue weighted by Crippen LogP contribution is 2.24. The molecule has 1 amide bonds. The molecule has 0 aliphatic carbocycles. The van der Waals surface area contributed by atoms with Crippen LogP contribution in [0.5, 0.6) is 0 Å². The van der Waals surface area contributed by atoms with Crippen molar-refractivity contribution in [3.05, 3.63) is 35.4 Å². The van der Waals surface area contributed by atoms with Gasteiger partial charge in [0.2, 0.25) is 0 Å². The van der Waals surface area contributed by atoms with Gasteiger partial charge in [0.15, 0.2) is 0 Å². The Balaban J connectivity index is 2.62. The maximum atomic E-state index is 12.0. The Morgan fingerprint density at radius 1 is 1.35 bits per heavy atom. The van der Waals surface area contributed by atoms with Crippen molar-refractivity contribution in [2.24, 2.45) is 11.3 Å². The normalized spacial score (nSPS) is 11.6. The van der Waals surface area contributed by atoms with Gasteiger partial charge in [-0.15, -0.1) is 0 Å². The van der Waals surface area contributed by atoms with Gasteiger partial charge < -0.3 is 5.32 Å². The van der Waals surface area contributed by atoms with Gasteiger partial charge in [0.1, 0.15) is 0 Å². The van der Waals surface area contributed by atoms with Crippen LogP contribution in [0, 0.1) is 18.3 Å². The summed E-state index contributed by atoms with van der Waals surface area (Å²) in [5.41, 5.74) is 1.98. The van der Waals surface area contributed by atoms with Crippen molar-refractivity contribution in [1.29, 1.82) is 0 Å². The zero-order valence-electron chi connectivity index (χ0n) is 11.5. The first kappa shape index (κ1) is 13.8. The van der Waals surface area contributed by atoms with Crippen molar-refractivity contribution >= 4 is 5.91 Å². The van der Waals surface area contributed by atoms with Gasteiger partial charge in [-0.1, -0.05) is 45.4 Å². The van der Waals surface area contributed by atoms with Gasteiger partial charge in [0.25, 0.3) is 5.91 Å². The van der Waals surface area contributed by atoms with Gasteiger partial charge in [-0.2, -0.15) is 0 Å². The van der Waals surface area contributed by atoms with E-state index in [1.54, 1.807) is 0 Å². The lowest BCUT2D eigenvalue weighted by atomic mass is 9.81. The Bertz CT molecular complexity index is 394. The van der Waals surface area contributed by atoms with Gasteiger partial charge >= 0.3 is 0 Å². The Morgan fingerprint density at radius 3 is 2.53 bits per heavy atom. The first-order valence-electron chi connectivity index (χ1n) is 6.18. The Hall–Kier alpha value is -1.31. The summed E-state index contributed by atoms with van der Waals surface area (Å²) in [7, 11) is 0. The Kier molecular flexibility index (Phi) is 4.33. The number of nitrogens with one attached hydrogen (secondary N) is 1. The molecule has 0 saturated heterocycles. The third kappa shape index (κ3) is 3.88. The van der Waals surface area contributed by atoms with Crippen LogP contribution >= 0.6 is 0 Å². The van der Waals surface area contributed by atoms with Crippen molar-refractivity contribution in [1.82, 2.24) is 5.32 Å². The molecule has 1 N–H and O–H groups in total. The monoisotopic (exact) mass is 233 g/mol. The zero-order chi connectivity index (χ0) is 13.1. The lowest BCUT2D eigenvalue weighted by molar-refractivity contribution is 0.0924. The molecular weight excluding hydrogens is 210 g/mol. The molecule has 0 atom stereocenters. The summed E-state index contributed by atoms with van der Waals surface area (Å²) in [4.78, 5) is 12.0. The average Bonchev–Trinajstić information content (AvgIpc) is 2.25. The number of benzene rings is 1. The van der Waals surface area contributed by atoms with Crippen LogP contribution in [0.25, 0.3) is 0 Å². The summed E-state index contributed by atoms with van der Waals surface area (Å²) < 4.78 is 0. The number of hydrogen-bond donors (Lipinski definition) is 1. The van der Waals surface area contributed by atoms with Crippen molar-refractivity contribution in [2.75, 3.05) is 6.54 Å². The van der Waals surface area contributed by atoms with Crippen LogP contribution in [0.1, 0.15) is 43.6 Å². The maximum absolute atomic E-state index is 12.0. The van der Waals surface area contributed by atoms with Crippen LogP contribution < -0.4 is 5.32 Å². The van der Waals surface area contributed by atoms with Gasteiger partial charge in [0, 0.05) is 12.1 Å². The highest BCUT2D eigenvalue weighted by Gasteiger charge is 2.23. The van der Waals surface area contributed by atoms with Crippen LogP contribution in [0.2, 0.25) is 0 Å². The zero-order valence-corrected chi connectivity index (χ0v) is 11.5. The molecule has 0 fully saturated rings. The van der Waals surface area contributed by atoms with Gasteiger partial charge in [-0.25, -0.2) is 0 Å². The lowest BCUT2D eigenvalue weighted by Crippen LogP contribution is -2.36. The number of carbonyl (C=O) groups excluding carboxylic acids is 1. The third-order valence-electron chi connectivity index (χ3n) is 3.55. The minimum atomic E-state index is 0.0161. The van der Waals surface area contributed by atoms with Gasteiger partial charge in [-0.3, -0.25) is 4.79 Å². The second kappa shape index (κ2) is 5.35. The number of rotatable bonds is 4. The summed E-state index contributed by atoms with van der Waals surface area (Å²) in [5.74, 6) is 0.558. The highest BCUT2D eigenvalue weighted by molar-refractivity contribution is 5.94. The molecule has 0 saturated carbocycles. The Morgan fingerprint density at radius 2 is 2.00 bits per heavy atom. The molecule has 0 aliphatic rings. The largest absolute Gasteiger partial charge is 0.351 e. The fourth-order valence-corrected chi connectivity index (χ4v) is 1.40. The second-order valence-electron chi connectivity index (χ2n) is 5.70. The minimum absolute atomic E-state index is 0.0161. The van der Waals surface area contributed by atoms with Crippen LogP contribution in [0.3, 0.4) is 0 Å². The summed E-state index contributed by atoms with van der Waals surface area (Å²) in [5, 5.41) is 3.01. The lowest BCUT2D eigenvalue weighted by Gasteiger charge is -2.29.